The van der Waals surface area contributed by atoms with Crippen LogP contribution in [0.3, 0.4) is 0 Å². The molecule has 0 spiro atoms. The number of rotatable bonds is 4. The molecule has 0 bridgehead atoms. The van der Waals surface area contributed by atoms with Crippen LogP contribution in [0.15, 0.2) is 88.1 Å². The van der Waals surface area contributed by atoms with Crippen molar-refractivity contribution in [3.05, 3.63) is 94.6 Å². The summed E-state index contributed by atoms with van der Waals surface area (Å²) in [5.74, 6) is 1.85. The summed E-state index contributed by atoms with van der Waals surface area (Å²) in [7, 11) is 0. The molecule has 0 fully saturated rings. The van der Waals surface area contributed by atoms with E-state index in [1.54, 1.807) is 0 Å². The Labute approximate surface area is 159 Å². The first-order chi connectivity index (χ1) is 12.7. The third-order valence-corrected chi connectivity index (χ3v) is 4.72. The van der Waals surface area contributed by atoms with Crippen molar-refractivity contribution in [2.24, 2.45) is 0 Å². The van der Waals surface area contributed by atoms with Crippen LogP contribution in [-0.2, 0) is 5.33 Å². The fourth-order valence-electron chi connectivity index (χ4n) is 2.79. The molecule has 0 saturated heterocycles. The van der Waals surface area contributed by atoms with Gasteiger partial charge < -0.3 is 9.15 Å². The molecule has 26 heavy (non-hydrogen) atoms. The van der Waals surface area contributed by atoms with Crippen LogP contribution in [0.2, 0.25) is 0 Å². The molecule has 0 amide bonds. The van der Waals surface area contributed by atoms with Crippen molar-refractivity contribution in [3.63, 3.8) is 0 Å². The second-order valence-corrected chi connectivity index (χ2v) is 6.41. The van der Waals surface area contributed by atoms with Gasteiger partial charge in [-0.15, -0.1) is 0 Å². The Balaban J connectivity index is 1.82. The summed E-state index contributed by atoms with van der Waals surface area (Å²) >= 11 is 3.41. The average Bonchev–Trinajstić information content (AvgIpc) is 2.69. The van der Waals surface area contributed by atoms with E-state index in [1.807, 2.05) is 72.8 Å². The monoisotopic (exact) mass is 406 g/mol. The molecule has 3 aromatic carbocycles. The number of ether oxygens (including phenoxy) is 1. The summed E-state index contributed by atoms with van der Waals surface area (Å²) in [6.45, 7) is 0. The number of fused-ring (bicyclic) bond motifs is 1. The number of hydrogen-bond donors (Lipinski definition) is 0. The van der Waals surface area contributed by atoms with Gasteiger partial charge in [0.1, 0.15) is 22.8 Å². The van der Waals surface area contributed by atoms with Crippen molar-refractivity contribution in [1.29, 1.82) is 0 Å². The fraction of sp³-hybridized carbons (Fsp3) is 0.0455. The van der Waals surface area contributed by atoms with Crippen LogP contribution in [-0.4, -0.2) is 0 Å². The molecular formula is C22H15BrO3. The predicted molar refractivity (Wildman–Crippen MR) is 107 cm³/mol. The average molecular weight is 407 g/mol. The number of para-hydroxylation sites is 2. The quantitative estimate of drug-likeness (QED) is 0.381. The summed E-state index contributed by atoms with van der Waals surface area (Å²) in [4.78, 5) is 12.6. The first-order valence-corrected chi connectivity index (χ1v) is 9.32. The SMILES string of the molecule is O=c1cc(-c2ccccc2Oc2ccccc2)oc2ccc(CBr)cc12. The van der Waals surface area contributed by atoms with Crippen LogP contribution in [0.4, 0.5) is 0 Å². The van der Waals surface area contributed by atoms with Crippen LogP contribution >= 0.6 is 15.9 Å². The third kappa shape index (κ3) is 3.28. The summed E-state index contributed by atoms with van der Waals surface area (Å²) in [6.07, 6.45) is 0. The third-order valence-electron chi connectivity index (χ3n) is 4.07. The first kappa shape index (κ1) is 16.6. The Bertz CT molecular complexity index is 1120. The van der Waals surface area contributed by atoms with E-state index in [4.69, 9.17) is 9.15 Å². The molecule has 0 N–H and O–H groups in total. The second kappa shape index (κ2) is 7.18. The van der Waals surface area contributed by atoms with Crippen LogP contribution in [0.25, 0.3) is 22.3 Å². The lowest BCUT2D eigenvalue weighted by Gasteiger charge is -2.11. The van der Waals surface area contributed by atoms with Crippen molar-refractivity contribution >= 4 is 26.9 Å². The number of hydrogen-bond acceptors (Lipinski definition) is 3. The standard InChI is InChI=1S/C22H15BrO3/c23-14-15-10-11-21-18(12-15)19(24)13-22(26-21)17-8-4-5-9-20(17)25-16-6-2-1-3-7-16/h1-13H,14H2. The van der Waals surface area contributed by atoms with Gasteiger partial charge >= 0.3 is 0 Å². The maximum absolute atomic E-state index is 12.6. The molecule has 0 unspecified atom stereocenters. The van der Waals surface area contributed by atoms with Gasteiger partial charge in [0.25, 0.3) is 0 Å². The van der Waals surface area contributed by atoms with Crippen LogP contribution < -0.4 is 10.2 Å². The molecule has 4 heteroatoms. The molecule has 0 aliphatic carbocycles. The number of alkyl halides is 1. The minimum Gasteiger partial charge on any atom is -0.457 e. The van der Waals surface area contributed by atoms with Gasteiger partial charge in [-0.25, -0.2) is 0 Å². The van der Waals surface area contributed by atoms with E-state index < -0.39 is 0 Å². The second-order valence-electron chi connectivity index (χ2n) is 5.85. The highest BCUT2D eigenvalue weighted by Gasteiger charge is 2.12. The molecular weight excluding hydrogens is 392 g/mol. The molecule has 4 rings (SSSR count). The highest BCUT2D eigenvalue weighted by molar-refractivity contribution is 9.08. The van der Waals surface area contributed by atoms with Gasteiger partial charge in [0.15, 0.2) is 5.43 Å². The smallest absolute Gasteiger partial charge is 0.193 e. The van der Waals surface area contributed by atoms with Gasteiger partial charge in [-0.1, -0.05) is 52.3 Å². The van der Waals surface area contributed by atoms with Crippen molar-refractivity contribution in [1.82, 2.24) is 0 Å². The zero-order valence-corrected chi connectivity index (χ0v) is 15.4. The van der Waals surface area contributed by atoms with Gasteiger partial charge in [0.05, 0.1) is 10.9 Å². The molecule has 0 atom stereocenters. The Morgan fingerprint density at radius 3 is 2.46 bits per heavy atom. The molecule has 3 nitrogen and oxygen atoms in total. The minimum absolute atomic E-state index is 0.0708. The van der Waals surface area contributed by atoms with Gasteiger partial charge in [0, 0.05) is 11.4 Å². The van der Waals surface area contributed by atoms with Crippen molar-refractivity contribution in [2.45, 2.75) is 5.33 Å². The zero-order chi connectivity index (χ0) is 17.9. The molecule has 0 saturated carbocycles. The van der Waals surface area contributed by atoms with E-state index in [0.717, 1.165) is 16.9 Å². The van der Waals surface area contributed by atoms with Gasteiger partial charge in [-0.05, 0) is 42.0 Å². The maximum Gasteiger partial charge on any atom is 0.193 e. The van der Waals surface area contributed by atoms with Crippen molar-refractivity contribution in [3.8, 4) is 22.8 Å². The van der Waals surface area contributed by atoms with Crippen molar-refractivity contribution < 1.29 is 9.15 Å². The normalized spacial score (nSPS) is 10.8. The molecule has 4 aromatic rings. The molecule has 1 heterocycles. The largest absolute Gasteiger partial charge is 0.457 e. The fourth-order valence-corrected chi connectivity index (χ4v) is 3.14. The minimum atomic E-state index is -0.0708. The Morgan fingerprint density at radius 2 is 1.65 bits per heavy atom. The van der Waals surface area contributed by atoms with Crippen LogP contribution in [0, 0.1) is 0 Å². The molecule has 128 valence electrons. The van der Waals surface area contributed by atoms with E-state index in [9.17, 15) is 4.79 Å². The summed E-state index contributed by atoms with van der Waals surface area (Å²) in [5.41, 5.74) is 2.26. The summed E-state index contributed by atoms with van der Waals surface area (Å²) < 4.78 is 12.0. The lowest BCUT2D eigenvalue weighted by molar-refractivity contribution is 0.481. The zero-order valence-electron chi connectivity index (χ0n) is 13.8. The Morgan fingerprint density at radius 1 is 0.885 bits per heavy atom. The van der Waals surface area contributed by atoms with E-state index >= 15 is 0 Å². The Hall–Kier alpha value is -2.85. The first-order valence-electron chi connectivity index (χ1n) is 8.19. The molecule has 1 aromatic heterocycles. The highest BCUT2D eigenvalue weighted by Crippen LogP contribution is 2.33. The lowest BCUT2D eigenvalue weighted by atomic mass is 10.1. The molecule has 0 radical (unpaired) electrons. The molecule has 0 aliphatic rings. The molecule has 0 aliphatic heterocycles. The van der Waals surface area contributed by atoms with Crippen LogP contribution in [0.1, 0.15) is 5.56 Å². The van der Waals surface area contributed by atoms with E-state index in [1.165, 1.54) is 6.07 Å². The van der Waals surface area contributed by atoms with Crippen LogP contribution in [0.5, 0.6) is 11.5 Å². The number of halogens is 1. The summed E-state index contributed by atoms with van der Waals surface area (Å²) in [6, 6.07) is 24.2. The van der Waals surface area contributed by atoms with E-state index in [-0.39, 0.29) is 5.43 Å². The highest BCUT2D eigenvalue weighted by atomic mass is 79.9. The predicted octanol–water partition coefficient (Wildman–Crippen LogP) is 6.15. The maximum atomic E-state index is 12.6. The van der Waals surface area contributed by atoms with Gasteiger partial charge in [0.2, 0.25) is 0 Å². The number of benzene rings is 3. The van der Waals surface area contributed by atoms with Gasteiger partial charge in [-0.3, -0.25) is 4.79 Å². The lowest BCUT2D eigenvalue weighted by Crippen LogP contribution is -2.01. The Kier molecular flexibility index (Phi) is 4.59. The van der Waals surface area contributed by atoms with E-state index in [2.05, 4.69) is 15.9 Å². The topological polar surface area (TPSA) is 39.4 Å². The summed E-state index contributed by atoms with van der Waals surface area (Å²) in [5, 5.41) is 1.27. The van der Waals surface area contributed by atoms with E-state index in [0.29, 0.717) is 27.8 Å². The van der Waals surface area contributed by atoms with Gasteiger partial charge in [-0.2, -0.15) is 0 Å². The van der Waals surface area contributed by atoms with Crippen molar-refractivity contribution in [2.75, 3.05) is 0 Å².